The maximum Gasteiger partial charge on any atom is 0.343 e. The smallest absolute Gasteiger partial charge is 0.343 e. The number of methoxy groups -OCH3 is 1. The Hall–Kier alpha value is -3.44. The highest BCUT2D eigenvalue weighted by atomic mass is 16.6. The van der Waals surface area contributed by atoms with E-state index in [1.165, 1.54) is 7.11 Å². The fourth-order valence-electron chi connectivity index (χ4n) is 2.56. The van der Waals surface area contributed by atoms with Crippen LogP contribution in [0.4, 0.5) is 0 Å². The van der Waals surface area contributed by atoms with E-state index in [-0.39, 0.29) is 6.61 Å². The molecule has 0 heterocycles. The van der Waals surface area contributed by atoms with Crippen molar-refractivity contribution in [2.24, 2.45) is 0 Å². The van der Waals surface area contributed by atoms with Crippen LogP contribution in [0.3, 0.4) is 0 Å². The SMILES string of the molecule is COCCOC(=O)c1ccc(OC(=O)c2ccc(-c3ccccc3)cc2)cc1. The molecule has 0 aliphatic heterocycles. The quantitative estimate of drug-likeness (QED) is 0.348. The maximum absolute atomic E-state index is 12.3. The zero-order valence-corrected chi connectivity index (χ0v) is 15.5. The Balaban J connectivity index is 1.60. The monoisotopic (exact) mass is 376 g/mol. The van der Waals surface area contributed by atoms with E-state index in [1.54, 1.807) is 36.4 Å². The van der Waals surface area contributed by atoms with Gasteiger partial charge >= 0.3 is 11.9 Å². The van der Waals surface area contributed by atoms with Crippen molar-refractivity contribution >= 4 is 11.9 Å². The molecule has 0 aliphatic rings. The zero-order valence-electron chi connectivity index (χ0n) is 15.5. The van der Waals surface area contributed by atoms with Crippen molar-refractivity contribution < 1.29 is 23.8 Å². The van der Waals surface area contributed by atoms with Gasteiger partial charge in [0, 0.05) is 7.11 Å². The molecule has 5 nitrogen and oxygen atoms in total. The van der Waals surface area contributed by atoms with E-state index in [0.717, 1.165) is 11.1 Å². The van der Waals surface area contributed by atoms with E-state index < -0.39 is 11.9 Å². The van der Waals surface area contributed by atoms with Crippen LogP contribution in [0.2, 0.25) is 0 Å². The van der Waals surface area contributed by atoms with Gasteiger partial charge in [-0.2, -0.15) is 0 Å². The van der Waals surface area contributed by atoms with E-state index in [1.807, 2.05) is 42.5 Å². The number of hydrogen-bond acceptors (Lipinski definition) is 5. The number of rotatable bonds is 7. The second-order valence-corrected chi connectivity index (χ2v) is 5.99. The van der Waals surface area contributed by atoms with Crippen molar-refractivity contribution in [1.29, 1.82) is 0 Å². The molecule has 3 aromatic carbocycles. The van der Waals surface area contributed by atoms with Crippen LogP contribution in [0.5, 0.6) is 5.75 Å². The van der Waals surface area contributed by atoms with Gasteiger partial charge in [0.15, 0.2) is 0 Å². The highest BCUT2D eigenvalue weighted by Crippen LogP contribution is 2.20. The van der Waals surface area contributed by atoms with Crippen molar-refractivity contribution in [3.8, 4) is 16.9 Å². The molecule has 3 aromatic rings. The average molecular weight is 376 g/mol. The van der Waals surface area contributed by atoms with Crippen molar-refractivity contribution in [1.82, 2.24) is 0 Å². The Morgan fingerprint density at radius 1 is 0.679 bits per heavy atom. The second kappa shape index (κ2) is 9.48. The molecule has 0 fully saturated rings. The number of benzene rings is 3. The van der Waals surface area contributed by atoms with Gasteiger partial charge in [0.2, 0.25) is 0 Å². The van der Waals surface area contributed by atoms with Crippen molar-refractivity contribution in [2.45, 2.75) is 0 Å². The van der Waals surface area contributed by atoms with E-state index in [2.05, 4.69) is 0 Å². The molecule has 28 heavy (non-hydrogen) atoms. The van der Waals surface area contributed by atoms with Crippen LogP contribution >= 0.6 is 0 Å². The standard InChI is InChI=1S/C23H20O5/c1-26-15-16-27-22(24)19-11-13-21(14-12-19)28-23(25)20-9-7-18(8-10-20)17-5-3-2-4-6-17/h2-14H,15-16H2,1H3. The molecule has 0 saturated heterocycles. The molecule has 0 spiro atoms. The molecule has 0 N–H and O–H groups in total. The Morgan fingerprint density at radius 2 is 1.25 bits per heavy atom. The summed E-state index contributed by atoms with van der Waals surface area (Å²) in [7, 11) is 1.53. The summed E-state index contributed by atoms with van der Waals surface area (Å²) in [4.78, 5) is 24.2. The van der Waals surface area contributed by atoms with Gasteiger partial charge in [0.1, 0.15) is 12.4 Å². The summed E-state index contributed by atoms with van der Waals surface area (Å²) in [6.07, 6.45) is 0. The van der Waals surface area contributed by atoms with E-state index in [9.17, 15) is 9.59 Å². The molecule has 0 radical (unpaired) electrons. The van der Waals surface area contributed by atoms with Crippen molar-refractivity contribution in [3.63, 3.8) is 0 Å². The number of esters is 2. The van der Waals surface area contributed by atoms with Gasteiger partial charge < -0.3 is 14.2 Å². The van der Waals surface area contributed by atoms with Crippen LogP contribution < -0.4 is 4.74 Å². The number of ether oxygens (including phenoxy) is 3. The van der Waals surface area contributed by atoms with Gasteiger partial charge in [-0.15, -0.1) is 0 Å². The van der Waals surface area contributed by atoms with E-state index in [4.69, 9.17) is 14.2 Å². The summed E-state index contributed by atoms with van der Waals surface area (Å²) >= 11 is 0. The molecule has 0 aromatic heterocycles. The van der Waals surface area contributed by atoms with Crippen molar-refractivity contribution in [2.75, 3.05) is 20.3 Å². The molecular weight excluding hydrogens is 356 g/mol. The molecule has 142 valence electrons. The highest BCUT2D eigenvalue weighted by Gasteiger charge is 2.11. The molecule has 5 heteroatoms. The van der Waals surface area contributed by atoms with Gasteiger partial charge in [0.25, 0.3) is 0 Å². The Labute approximate surface area is 163 Å². The van der Waals surface area contributed by atoms with E-state index in [0.29, 0.717) is 23.5 Å². The van der Waals surface area contributed by atoms with Crippen LogP contribution in [0.25, 0.3) is 11.1 Å². The number of carbonyl (C=O) groups excluding carboxylic acids is 2. The predicted octanol–water partition coefficient (Wildman–Crippen LogP) is 4.38. The predicted molar refractivity (Wildman–Crippen MR) is 105 cm³/mol. The summed E-state index contributed by atoms with van der Waals surface area (Å²) in [5.41, 5.74) is 2.93. The fraction of sp³-hybridized carbons (Fsp3) is 0.130. The summed E-state index contributed by atoms with van der Waals surface area (Å²) in [6, 6.07) is 23.3. The Bertz CT molecular complexity index is 915. The first-order valence-electron chi connectivity index (χ1n) is 8.81. The van der Waals surface area contributed by atoms with Gasteiger partial charge in [-0.3, -0.25) is 0 Å². The molecule has 0 amide bonds. The lowest BCUT2D eigenvalue weighted by molar-refractivity contribution is 0.0388. The second-order valence-electron chi connectivity index (χ2n) is 5.99. The first-order chi connectivity index (χ1) is 13.7. The third-order valence-corrected chi connectivity index (χ3v) is 4.05. The maximum atomic E-state index is 12.3. The molecular formula is C23H20O5. The van der Waals surface area contributed by atoms with Crippen LogP contribution in [-0.4, -0.2) is 32.3 Å². The summed E-state index contributed by atoms with van der Waals surface area (Å²) in [5, 5.41) is 0. The lowest BCUT2D eigenvalue weighted by Crippen LogP contribution is -2.10. The first kappa shape index (κ1) is 19.3. The molecule has 0 aliphatic carbocycles. The first-order valence-corrected chi connectivity index (χ1v) is 8.81. The van der Waals surface area contributed by atoms with Gasteiger partial charge in [-0.05, 0) is 47.5 Å². The molecule has 3 rings (SSSR count). The van der Waals surface area contributed by atoms with E-state index >= 15 is 0 Å². The lowest BCUT2D eigenvalue weighted by Gasteiger charge is -2.07. The third-order valence-electron chi connectivity index (χ3n) is 4.05. The number of hydrogen-bond donors (Lipinski definition) is 0. The van der Waals surface area contributed by atoms with Crippen LogP contribution in [0.15, 0.2) is 78.9 Å². The van der Waals surface area contributed by atoms with Gasteiger partial charge in [0.05, 0.1) is 17.7 Å². The summed E-state index contributed by atoms with van der Waals surface area (Å²) in [5.74, 6) is -0.563. The minimum absolute atomic E-state index is 0.186. The van der Waals surface area contributed by atoms with Crippen LogP contribution in [0.1, 0.15) is 20.7 Å². The molecule has 0 atom stereocenters. The summed E-state index contributed by atoms with van der Waals surface area (Å²) in [6.45, 7) is 0.523. The number of carbonyl (C=O) groups is 2. The minimum Gasteiger partial charge on any atom is -0.460 e. The van der Waals surface area contributed by atoms with Gasteiger partial charge in [-0.1, -0.05) is 42.5 Å². The fourth-order valence-corrected chi connectivity index (χ4v) is 2.56. The lowest BCUT2D eigenvalue weighted by atomic mass is 10.0. The molecule has 0 bridgehead atoms. The molecule has 0 saturated carbocycles. The van der Waals surface area contributed by atoms with Gasteiger partial charge in [-0.25, -0.2) is 9.59 Å². The molecule has 0 unspecified atom stereocenters. The topological polar surface area (TPSA) is 61.8 Å². The van der Waals surface area contributed by atoms with Crippen molar-refractivity contribution in [3.05, 3.63) is 90.0 Å². The Morgan fingerprint density at radius 3 is 1.89 bits per heavy atom. The Kier molecular flexibility index (Phi) is 6.54. The van der Waals surface area contributed by atoms with Crippen LogP contribution in [-0.2, 0) is 9.47 Å². The van der Waals surface area contributed by atoms with Crippen LogP contribution in [0, 0.1) is 0 Å². The largest absolute Gasteiger partial charge is 0.460 e. The highest BCUT2D eigenvalue weighted by molar-refractivity contribution is 5.92. The normalized spacial score (nSPS) is 10.3. The third kappa shape index (κ3) is 5.05. The average Bonchev–Trinajstić information content (AvgIpc) is 2.75. The summed E-state index contributed by atoms with van der Waals surface area (Å²) < 4.78 is 15.2. The minimum atomic E-state index is -0.463. The zero-order chi connectivity index (χ0) is 19.8.